The van der Waals surface area contributed by atoms with E-state index < -0.39 is 43.6 Å². The van der Waals surface area contributed by atoms with Gasteiger partial charge in [-0.05, 0) is 30.7 Å². The normalized spacial score (nSPS) is 11.4. The first-order chi connectivity index (χ1) is 14.7. The summed E-state index contributed by atoms with van der Waals surface area (Å²) in [6.45, 7) is 1.63. The lowest BCUT2D eigenvalue weighted by molar-refractivity contribution is -0.382. The molecule has 2 aromatic carbocycles. The summed E-state index contributed by atoms with van der Waals surface area (Å²) < 4.78 is 60.1. The zero-order valence-corrected chi connectivity index (χ0v) is 17.2. The topological polar surface area (TPSA) is 136 Å². The molecule has 0 saturated heterocycles. The maximum Gasteiger partial charge on any atom is 0.320 e. The van der Waals surface area contributed by atoms with Crippen LogP contribution in [-0.4, -0.2) is 36.2 Å². The van der Waals surface area contributed by atoms with Crippen molar-refractivity contribution in [3.8, 4) is 5.88 Å². The Bertz CT molecular complexity index is 1270. The van der Waals surface area contributed by atoms with Crippen LogP contribution in [0.15, 0.2) is 30.5 Å². The molecule has 1 heterocycles. The summed E-state index contributed by atoms with van der Waals surface area (Å²) in [7, 11) is -2.54. The number of nitro groups is 1. The minimum atomic E-state index is -3.85. The monoisotopic (exact) mass is 453 g/mol. The largest absolute Gasteiger partial charge is 0.480 e. The van der Waals surface area contributed by atoms with Gasteiger partial charge in [-0.3, -0.25) is 14.8 Å². The molecule has 13 heteroatoms. The molecule has 0 amide bonds. The third kappa shape index (κ3) is 4.60. The molecule has 10 nitrogen and oxygen atoms in total. The Hall–Kier alpha value is -3.61. The van der Waals surface area contributed by atoms with E-state index in [4.69, 9.17) is 4.74 Å². The number of benzene rings is 2. The first-order valence-corrected chi connectivity index (χ1v) is 10.6. The summed E-state index contributed by atoms with van der Waals surface area (Å²) in [5.41, 5.74) is -2.11. The van der Waals surface area contributed by atoms with Crippen LogP contribution >= 0.6 is 0 Å². The van der Waals surface area contributed by atoms with Crippen LogP contribution in [0.2, 0.25) is 0 Å². The van der Waals surface area contributed by atoms with Crippen LogP contribution in [0.4, 0.5) is 31.5 Å². The smallest absolute Gasteiger partial charge is 0.320 e. The quantitative estimate of drug-likeness (QED) is 0.389. The van der Waals surface area contributed by atoms with Crippen LogP contribution in [0.25, 0.3) is 11.0 Å². The first kappa shape index (κ1) is 22.1. The molecule has 0 fully saturated rings. The van der Waals surface area contributed by atoms with Gasteiger partial charge in [-0.25, -0.2) is 27.2 Å². The molecule has 0 bridgehead atoms. The highest BCUT2D eigenvalue weighted by atomic mass is 32.2. The van der Waals surface area contributed by atoms with E-state index >= 15 is 0 Å². The maximum atomic E-state index is 14.9. The molecule has 0 atom stereocenters. The number of ether oxygens (including phenoxy) is 1. The van der Waals surface area contributed by atoms with Crippen LogP contribution in [0.1, 0.15) is 13.3 Å². The number of sulfonamides is 1. The number of halogens is 2. The molecule has 1 aromatic heterocycles. The number of nitrogens with one attached hydrogen (secondary N) is 2. The summed E-state index contributed by atoms with van der Waals surface area (Å²) in [4.78, 5) is 18.9. The number of hydrogen-bond acceptors (Lipinski definition) is 8. The van der Waals surface area contributed by atoms with Gasteiger partial charge in [0.1, 0.15) is 17.2 Å². The Morgan fingerprint density at radius 1 is 1.19 bits per heavy atom. The average Bonchev–Trinajstić information content (AvgIpc) is 2.72. The Morgan fingerprint density at radius 2 is 1.90 bits per heavy atom. The van der Waals surface area contributed by atoms with Crippen LogP contribution in [0.5, 0.6) is 5.88 Å². The maximum absolute atomic E-state index is 14.9. The van der Waals surface area contributed by atoms with Crippen LogP contribution in [-0.2, 0) is 10.0 Å². The number of hydrogen-bond donors (Lipinski definition) is 2. The van der Waals surface area contributed by atoms with Crippen LogP contribution in [0, 0.1) is 21.7 Å². The molecular formula is C18H17F2N5O5S. The molecule has 0 aliphatic rings. The number of nitrogens with zero attached hydrogens (tertiary/aromatic N) is 3. The number of rotatable bonds is 8. The van der Waals surface area contributed by atoms with Gasteiger partial charge in [0.05, 0.1) is 35.2 Å². The highest BCUT2D eigenvalue weighted by Crippen LogP contribution is 2.37. The van der Waals surface area contributed by atoms with E-state index in [1.54, 1.807) is 6.92 Å². The van der Waals surface area contributed by atoms with Crippen molar-refractivity contribution in [2.24, 2.45) is 0 Å². The van der Waals surface area contributed by atoms with Crippen molar-refractivity contribution in [1.82, 2.24) is 9.97 Å². The van der Waals surface area contributed by atoms with E-state index in [0.717, 1.165) is 12.1 Å². The van der Waals surface area contributed by atoms with E-state index in [0.29, 0.717) is 0 Å². The summed E-state index contributed by atoms with van der Waals surface area (Å²) in [6.07, 6.45) is 1.56. The summed E-state index contributed by atoms with van der Waals surface area (Å²) in [5.74, 6) is -2.59. The van der Waals surface area contributed by atoms with Crippen molar-refractivity contribution >= 4 is 43.8 Å². The predicted molar refractivity (Wildman–Crippen MR) is 110 cm³/mol. The molecule has 0 spiro atoms. The van der Waals surface area contributed by atoms with Crippen molar-refractivity contribution < 1.29 is 26.9 Å². The summed E-state index contributed by atoms with van der Waals surface area (Å²) in [5, 5.41) is 14.0. The van der Waals surface area contributed by atoms with E-state index in [-0.39, 0.29) is 34.8 Å². The predicted octanol–water partition coefficient (Wildman–Crippen LogP) is 3.72. The number of anilines is 3. The van der Waals surface area contributed by atoms with Gasteiger partial charge < -0.3 is 10.1 Å². The minimum absolute atomic E-state index is 0.0115. The zero-order chi connectivity index (χ0) is 22.8. The molecule has 0 unspecified atom stereocenters. The van der Waals surface area contributed by atoms with Gasteiger partial charge in [0.15, 0.2) is 11.3 Å². The van der Waals surface area contributed by atoms with Gasteiger partial charge in [0.25, 0.3) is 0 Å². The molecule has 0 aliphatic heterocycles. The summed E-state index contributed by atoms with van der Waals surface area (Å²) >= 11 is 0. The first-order valence-electron chi connectivity index (χ1n) is 8.90. The standard InChI is InChI=1S/C18H17F2N5O5S/c1-3-8-31(28,29)24-11-5-4-10(19)16(15(11)20)22-13-7-6-12-17(18(13)25(26)27)23-14(30-2)9-21-12/h4-7,9,22,24H,3,8H2,1-2H3. The van der Waals surface area contributed by atoms with E-state index in [2.05, 4.69) is 15.3 Å². The molecule has 0 saturated carbocycles. The third-order valence-electron chi connectivity index (χ3n) is 4.15. The Kier molecular flexibility index (Phi) is 6.15. The van der Waals surface area contributed by atoms with Crippen molar-refractivity contribution in [1.29, 1.82) is 0 Å². The van der Waals surface area contributed by atoms with Gasteiger partial charge in [0, 0.05) is 0 Å². The Morgan fingerprint density at radius 3 is 2.55 bits per heavy atom. The second-order valence-corrected chi connectivity index (χ2v) is 8.17. The molecule has 2 N–H and O–H groups in total. The highest BCUT2D eigenvalue weighted by Gasteiger charge is 2.25. The summed E-state index contributed by atoms with van der Waals surface area (Å²) in [6, 6.07) is 4.36. The van der Waals surface area contributed by atoms with Gasteiger partial charge in [-0.15, -0.1) is 0 Å². The average molecular weight is 453 g/mol. The lowest BCUT2D eigenvalue weighted by Gasteiger charge is -2.14. The third-order valence-corrected chi connectivity index (χ3v) is 5.62. The molecule has 3 aromatic rings. The van der Waals surface area contributed by atoms with Gasteiger partial charge in [-0.1, -0.05) is 6.92 Å². The second-order valence-electron chi connectivity index (χ2n) is 6.33. The van der Waals surface area contributed by atoms with Crippen LogP contribution in [0.3, 0.4) is 0 Å². The van der Waals surface area contributed by atoms with E-state index in [1.807, 2.05) is 4.72 Å². The highest BCUT2D eigenvalue weighted by molar-refractivity contribution is 7.92. The van der Waals surface area contributed by atoms with E-state index in [9.17, 15) is 27.3 Å². The second kappa shape index (κ2) is 8.63. The Balaban J connectivity index is 2.11. The Labute approximate surface area is 175 Å². The fraction of sp³-hybridized carbons (Fsp3) is 0.222. The number of nitro benzene ring substituents is 1. The van der Waals surface area contributed by atoms with Crippen molar-refractivity contribution in [2.75, 3.05) is 22.9 Å². The fourth-order valence-corrected chi connectivity index (χ4v) is 3.93. The molecule has 164 valence electrons. The molecule has 31 heavy (non-hydrogen) atoms. The fourth-order valence-electron chi connectivity index (χ4n) is 2.80. The molecular weight excluding hydrogens is 436 g/mol. The number of aromatic nitrogens is 2. The minimum Gasteiger partial charge on any atom is -0.480 e. The van der Waals surface area contributed by atoms with E-state index in [1.165, 1.54) is 25.4 Å². The molecule has 0 aliphatic carbocycles. The van der Waals surface area contributed by atoms with Gasteiger partial charge in [0.2, 0.25) is 15.9 Å². The van der Waals surface area contributed by atoms with Crippen LogP contribution < -0.4 is 14.8 Å². The van der Waals surface area contributed by atoms with Gasteiger partial charge >= 0.3 is 5.69 Å². The van der Waals surface area contributed by atoms with Crippen molar-refractivity contribution in [3.63, 3.8) is 0 Å². The zero-order valence-electron chi connectivity index (χ0n) is 16.3. The SMILES string of the molecule is CCCS(=O)(=O)Nc1ccc(F)c(Nc2ccc3ncc(OC)nc3c2[N+](=O)[O-])c1F. The lowest BCUT2D eigenvalue weighted by Crippen LogP contribution is -2.17. The molecule has 3 rings (SSSR count). The van der Waals surface area contributed by atoms with Crippen molar-refractivity contribution in [3.05, 3.63) is 52.2 Å². The van der Waals surface area contributed by atoms with Gasteiger partial charge in [-0.2, -0.15) is 0 Å². The molecule has 0 radical (unpaired) electrons. The lowest BCUT2D eigenvalue weighted by atomic mass is 10.2. The van der Waals surface area contributed by atoms with Crippen molar-refractivity contribution in [2.45, 2.75) is 13.3 Å². The number of fused-ring (bicyclic) bond motifs is 1. The number of methoxy groups -OCH3 is 1.